The molecular formula is C15H16N2O4. The molecule has 2 aromatic rings. The fourth-order valence-corrected chi connectivity index (χ4v) is 2.73. The lowest BCUT2D eigenvalue weighted by atomic mass is 9.89. The van der Waals surface area contributed by atoms with Crippen molar-refractivity contribution in [3.05, 3.63) is 53.1 Å². The first kappa shape index (κ1) is 13.7. The summed E-state index contributed by atoms with van der Waals surface area (Å²) in [4.78, 5) is 0. The molecule has 0 amide bonds. The van der Waals surface area contributed by atoms with E-state index in [-0.39, 0.29) is 28.5 Å². The van der Waals surface area contributed by atoms with Crippen molar-refractivity contribution in [2.24, 2.45) is 0 Å². The summed E-state index contributed by atoms with van der Waals surface area (Å²) in [5.74, 6) is 0.281. The van der Waals surface area contributed by atoms with Gasteiger partial charge < -0.3 is 15.5 Å². The Morgan fingerprint density at radius 1 is 1.00 bits per heavy atom. The first-order valence-corrected chi connectivity index (χ1v) is 6.62. The Balaban J connectivity index is 2.08. The Morgan fingerprint density at radius 3 is 2.57 bits per heavy atom. The highest BCUT2D eigenvalue weighted by molar-refractivity contribution is 5.54. The summed E-state index contributed by atoms with van der Waals surface area (Å²) in [7, 11) is 0. The third-order valence-corrected chi connectivity index (χ3v) is 3.73. The van der Waals surface area contributed by atoms with Crippen LogP contribution in [0.4, 0.5) is 5.69 Å². The van der Waals surface area contributed by atoms with E-state index in [4.69, 9.17) is 10.4 Å². The molecule has 6 nitrogen and oxygen atoms in total. The first-order valence-electron chi connectivity index (χ1n) is 6.62. The molecule has 6 heteroatoms. The summed E-state index contributed by atoms with van der Waals surface area (Å²) in [5.41, 5.74) is 2.67. The van der Waals surface area contributed by atoms with Crippen molar-refractivity contribution in [3.63, 3.8) is 0 Å². The lowest BCUT2D eigenvalue weighted by Gasteiger charge is -2.28. The Hall–Kier alpha value is -2.28. The van der Waals surface area contributed by atoms with E-state index in [2.05, 4.69) is 5.32 Å². The summed E-state index contributed by atoms with van der Waals surface area (Å²) >= 11 is 0. The van der Waals surface area contributed by atoms with Gasteiger partial charge >= 0.3 is 0 Å². The number of hydrogen-bond acceptors (Lipinski definition) is 6. The van der Waals surface area contributed by atoms with Crippen LogP contribution >= 0.6 is 0 Å². The van der Waals surface area contributed by atoms with E-state index < -0.39 is 0 Å². The molecule has 1 atom stereocenters. The molecule has 0 aliphatic carbocycles. The highest BCUT2D eigenvalue weighted by atomic mass is 16.8. The van der Waals surface area contributed by atoms with E-state index in [0.717, 1.165) is 17.5 Å². The van der Waals surface area contributed by atoms with Gasteiger partial charge in [-0.2, -0.15) is 0 Å². The van der Waals surface area contributed by atoms with Gasteiger partial charge in [-0.25, -0.2) is 0 Å². The van der Waals surface area contributed by atoms with Crippen LogP contribution in [0.2, 0.25) is 0 Å². The van der Waals surface area contributed by atoms with Gasteiger partial charge in [0.05, 0.1) is 11.7 Å². The number of nitrogens with zero attached hydrogens (tertiary/aromatic N) is 1. The van der Waals surface area contributed by atoms with E-state index in [9.17, 15) is 10.2 Å². The zero-order chi connectivity index (χ0) is 15.0. The molecule has 3 rings (SSSR count). The maximum Gasteiger partial charge on any atom is 0.120 e. The van der Waals surface area contributed by atoms with Gasteiger partial charge in [-0.1, -0.05) is 6.07 Å². The summed E-state index contributed by atoms with van der Waals surface area (Å²) in [6, 6.07) is 9.19. The van der Waals surface area contributed by atoms with Crippen LogP contribution in [0.3, 0.4) is 0 Å². The fourth-order valence-electron chi connectivity index (χ4n) is 2.73. The highest BCUT2D eigenvalue weighted by Crippen LogP contribution is 2.36. The van der Waals surface area contributed by atoms with Crippen molar-refractivity contribution in [3.8, 4) is 11.5 Å². The second-order valence-electron chi connectivity index (χ2n) is 5.05. The summed E-state index contributed by atoms with van der Waals surface area (Å²) in [5, 5.41) is 41.2. The van der Waals surface area contributed by atoms with Crippen LogP contribution in [0.15, 0.2) is 36.4 Å². The number of benzene rings is 2. The lowest BCUT2D eigenvalue weighted by molar-refractivity contribution is 0.0291. The van der Waals surface area contributed by atoms with Gasteiger partial charge in [-0.15, -0.1) is 5.23 Å². The molecule has 0 bridgehead atoms. The molecule has 1 unspecified atom stereocenters. The van der Waals surface area contributed by atoms with Gasteiger partial charge in [0.15, 0.2) is 0 Å². The zero-order valence-corrected chi connectivity index (χ0v) is 11.2. The largest absolute Gasteiger partial charge is 0.508 e. The molecule has 0 saturated carbocycles. The molecule has 0 spiro atoms. The van der Waals surface area contributed by atoms with Crippen molar-refractivity contribution in [1.82, 2.24) is 5.32 Å². The van der Waals surface area contributed by atoms with Crippen molar-refractivity contribution >= 4 is 5.69 Å². The Kier molecular flexibility index (Phi) is 3.42. The van der Waals surface area contributed by atoms with Gasteiger partial charge in [0.1, 0.15) is 11.5 Å². The third kappa shape index (κ3) is 2.52. The number of aromatic hydroxyl groups is 2. The second kappa shape index (κ2) is 5.25. The Bertz CT molecular complexity index is 673. The number of anilines is 1. The van der Waals surface area contributed by atoms with Crippen molar-refractivity contribution in [2.75, 3.05) is 11.8 Å². The average Bonchev–Trinajstić information content (AvgIpc) is 2.46. The molecule has 0 saturated heterocycles. The van der Waals surface area contributed by atoms with E-state index in [1.807, 2.05) is 6.07 Å². The maximum atomic E-state index is 10.1. The van der Waals surface area contributed by atoms with Crippen LogP contribution in [0.5, 0.6) is 11.5 Å². The number of phenols is 2. The van der Waals surface area contributed by atoms with Crippen LogP contribution in [0.25, 0.3) is 0 Å². The van der Waals surface area contributed by atoms with Gasteiger partial charge in [0, 0.05) is 12.1 Å². The number of hydrogen-bond donors (Lipinski definition) is 5. The lowest BCUT2D eigenvalue weighted by Crippen LogP contribution is -2.30. The summed E-state index contributed by atoms with van der Waals surface area (Å²) in [6.07, 6.45) is 0.785. The molecule has 110 valence electrons. The molecule has 0 aromatic heterocycles. The molecule has 2 aromatic carbocycles. The molecular weight excluding hydrogens is 272 g/mol. The molecule has 1 heterocycles. The second-order valence-corrected chi connectivity index (χ2v) is 5.05. The topological polar surface area (TPSA) is 96.2 Å². The molecule has 1 aliphatic rings. The standard InChI is InChI=1S/C15H16N2O4/c18-11-2-3-12-9(7-11)5-6-16-15(12)13-8-10(17(20)21)1-4-14(13)19/h1-4,7-8,15-16,18-21H,5-6H2. The Labute approximate surface area is 121 Å². The number of fused-ring (bicyclic) bond motifs is 1. The van der Waals surface area contributed by atoms with E-state index in [1.54, 1.807) is 12.1 Å². The predicted molar refractivity (Wildman–Crippen MR) is 75.8 cm³/mol. The molecule has 5 N–H and O–H groups in total. The van der Waals surface area contributed by atoms with Gasteiger partial charge in [-0.3, -0.25) is 10.4 Å². The quantitative estimate of drug-likeness (QED) is 0.542. The van der Waals surface area contributed by atoms with E-state index in [1.165, 1.54) is 18.2 Å². The molecule has 1 aliphatic heterocycles. The van der Waals surface area contributed by atoms with Gasteiger partial charge in [0.25, 0.3) is 0 Å². The Morgan fingerprint density at radius 2 is 1.81 bits per heavy atom. The number of phenolic OH excluding ortho intramolecular Hbond substituents is 2. The predicted octanol–water partition coefficient (Wildman–Crippen LogP) is 1.92. The minimum atomic E-state index is -0.269. The molecule has 0 radical (unpaired) electrons. The summed E-state index contributed by atoms with van der Waals surface area (Å²) in [6.45, 7) is 0.701. The average molecular weight is 288 g/mol. The van der Waals surface area contributed by atoms with Crippen molar-refractivity contribution in [2.45, 2.75) is 12.5 Å². The van der Waals surface area contributed by atoms with Gasteiger partial charge in [-0.05, 0) is 47.9 Å². The summed E-state index contributed by atoms with van der Waals surface area (Å²) < 4.78 is 0. The molecule has 0 fully saturated rings. The first-order chi connectivity index (χ1) is 10.1. The third-order valence-electron chi connectivity index (χ3n) is 3.73. The smallest absolute Gasteiger partial charge is 0.120 e. The van der Waals surface area contributed by atoms with E-state index >= 15 is 0 Å². The SMILES string of the molecule is Oc1ccc2c(c1)CCNC2c1cc(N(O)O)ccc1O. The van der Waals surface area contributed by atoms with Crippen molar-refractivity contribution < 1.29 is 20.6 Å². The normalized spacial score (nSPS) is 17.3. The van der Waals surface area contributed by atoms with Crippen LogP contribution in [-0.2, 0) is 6.42 Å². The van der Waals surface area contributed by atoms with Crippen LogP contribution < -0.4 is 10.5 Å². The molecule has 21 heavy (non-hydrogen) atoms. The fraction of sp³-hybridized carbons (Fsp3) is 0.200. The van der Waals surface area contributed by atoms with Gasteiger partial charge in [0.2, 0.25) is 0 Å². The minimum absolute atomic E-state index is 0.0174. The van der Waals surface area contributed by atoms with Crippen LogP contribution in [-0.4, -0.2) is 27.2 Å². The monoisotopic (exact) mass is 288 g/mol. The number of nitrogens with one attached hydrogen (secondary N) is 1. The number of rotatable bonds is 2. The van der Waals surface area contributed by atoms with Crippen LogP contribution in [0, 0.1) is 0 Å². The van der Waals surface area contributed by atoms with Crippen molar-refractivity contribution in [1.29, 1.82) is 0 Å². The highest BCUT2D eigenvalue weighted by Gasteiger charge is 2.24. The minimum Gasteiger partial charge on any atom is -0.508 e. The van der Waals surface area contributed by atoms with Crippen LogP contribution in [0.1, 0.15) is 22.7 Å². The van der Waals surface area contributed by atoms with E-state index in [0.29, 0.717) is 12.1 Å². The zero-order valence-electron chi connectivity index (χ0n) is 11.2. The maximum absolute atomic E-state index is 10.1.